The summed E-state index contributed by atoms with van der Waals surface area (Å²) >= 11 is 0. The van der Waals surface area contributed by atoms with Crippen molar-refractivity contribution in [3.8, 4) is 0 Å². The van der Waals surface area contributed by atoms with Gasteiger partial charge in [-0.3, -0.25) is 0 Å². The van der Waals surface area contributed by atoms with Crippen molar-refractivity contribution in [2.24, 2.45) is 0 Å². The molecule has 0 atom stereocenters. The standard InChI is InChI=1S/C25H33N2.ClH/c1-2-6-14-21(13-5-1)26-19-27(22-15-7-3-4-8-16-22)24-18-10-12-20-11-9-17-23(26)25(20)24;/h9-12,17-19,21-22H,1-8,13-16H2;1H/q+1;/p-1. The van der Waals surface area contributed by atoms with Gasteiger partial charge in [-0.05, 0) is 68.9 Å². The Balaban J connectivity index is 0.00000192. The average Bonchev–Trinajstić information content (AvgIpc) is 3.14. The highest BCUT2D eigenvalue weighted by Crippen LogP contribution is 2.41. The fourth-order valence-corrected chi connectivity index (χ4v) is 5.64. The van der Waals surface area contributed by atoms with Crippen LogP contribution < -0.4 is 17.3 Å². The smallest absolute Gasteiger partial charge is 0.244 e. The summed E-state index contributed by atoms with van der Waals surface area (Å²) < 4.78 is 2.67. The quantitative estimate of drug-likeness (QED) is 0.553. The normalized spacial score (nSPS) is 21.6. The van der Waals surface area contributed by atoms with E-state index in [-0.39, 0.29) is 12.4 Å². The highest BCUT2D eigenvalue weighted by atomic mass is 35.5. The zero-order valence-electron chi connectivity index (χ0n) is 17.0. The molecule has 0 bridgehead atoms. The summed E-state index contributed by atoms with van der Waals surface area (Å²) in [6.45, 7) is 0. The van der Waals surface area contributed by atoms with Crippen LogP contribution >= 0.6 is 0 Å². The zero-order chi connectivity index (χ0) is 18.1. The van der Waals surface area contributed by atoms with Crippen LogP contribution in [0.5, 0.6) is 0 Å². The number of benzene rings is 2. The van der Waals surface area contributed by atoms with Crippen LogP contribution in [0.25, 0.3) is 10.8 Å². The lowest BCUT2D eigenvalue weighted by atomic mass is 9.99. The van der Waals surface area contributed by atoms with Gasteiger partial charge in [0.2, 0.25) is 6.34 Å². The average molecular weight is 397 g/mol. The van der Waals surface area contributed by atoms with Crippen molar-refractivity contribution in [2.75, 3.05) is 4.90 Å². The van der Waals surface area contributed by atoms with E-state index in [4.69, 9.17) is 0 Å². The third-order valence-corrected chi connectivity index (χ3v) is 7.10. The number of anilines is 1. The van der Waals surface area contributed by atoms with Crippen molar-refractivity contribution < 1.29 is 17.0 Å². The summed E-state index contributed by atoms with van der Waals surface area (Å²) in [5.41, 5.74) is 2.89. The van der Waals surface area contributed by atoms with Crippen molar-refractivity contribution in [3.05, 3.63) is 36.4 Å². The molecule has 0 unspecified atom stereocenters. The van der Waals surface area contributed by atoms with Gasteiger partial charge < -0.3 is 12.4 Å². The van der Waals surface area contributed by atoms with Crippen molar-refractivity contribution in [1.29, 1.82) is 0 Å². The number of rotatable bonds is 2. The van der Waals surface area contributed by atoms with Crippen LogP contribution in [0, 0.1) is 0 Å². The number of halogens is 1. The SMILES string of the molecule is C1=[N+](C2CCCCCC2)c2cccc3cccc(c23)N1C1CCCCCC1.[Cl-]. The van der Waals surface area contributed by atoms with Crippen LogP contribution in [0.1, 0.15) is 77.0 Å². The summed E-state index contributed by atoms with van der Waals surface area (Å²) in [7, 11) is 0. The van der Waals surface area contributed by atoms with Gasteiger partial charge in [-0.15, -0.1) is 0 Å². The monoisotopic (exact) mass is 396 g/mol. The Hall–Kier alpha value is -1.54. The van der Waals surface area contributed by atoms with E-state index < -0.39 is 0 Å². The molecule has 0 saturated heterocycles. The molecule has 3 aliphatic rings. The van der Waals surface area contributed by atoms with Crippen LogP contribution in [0.4, 0.5) is 11.4 Å². The number of hydrogen-bond donors (Lipinski definition) is 0. The molecule has 0 N–H and O–H groups in total. The molecule has 1 heterocycles. The molecule has 2 aromatic carbocycles. The van der Waals surface area contributed by atoms with Gasteiger partial charge in [0.05, 0.1) is 5.39 Å². The van der Waals surface area contributed by atoms with Gasteiger partial charge in [0.25, 0.3) is 0 Å². The van der Waals surface area contributed by atoms with E-state index in [1.54, 1.807) is 0 Å². The molecule has 0 spiro atoms. The molecule has 2 aliphatic carbocycles. The fraction of sp³-hybridized carbons (Fsp3) is 0.560. The van der Waals surface area contributed by atoms with Gasteiger partial charge in [-0.1, -0.05) is 49.9 Å². The Morgan fingerprint density at radius 1 is 0.714 bits per heavy atom. The molecule has 1 aliphatic heterocycles. The maximum Gasteiger partial charge on any atom is 0.244 e. The second kappa shape index (κ2) is 8.86. The molecule has 0 radical (unpaired) electrons. The van der Waals surface area contributed by atoms with E-state index >= 15 is 0 Å². The lowest BCUT2D eigenvalue weighted by molar-refractivity contribution is -0.482. The van der Waals surface area contributed by atoms with Crippen LogP contribution in [0.3, 0.4) is 0 Å². The number of nitrogens with zero attached hydrogens (tertiary/aromatic N) is 2. The van der Waals surface area contributed by atoms with Gasteiger partial charge in [-0.2, -0.15) is 0 Å². The van der Waals surface area contributed by atoms with Gasteiger partial charge in [0.1, 0.15) is 23.5 Å². The first kappa shape index (κ1) is 19.8. The van der Waals surface area contributed by atoms with Gasteiger partial charge in [0, 0.05) is 0 Å². The minimum Gasteiger partial charge on any atom is -1.00 e. The van der Waals surface area contributed by atoms with E-state index in [9.17, 15) is 0 Å². The molecule has 0 amide bonds. The predicted molar refractivity (Wildman–Crippen MR) is 115 cm³/mol. The molecule has 150 valence electrons. The second-order valence-electron chi connectivity index (χ2n) is 8.87. The third-order valence-electron chi connectivity index (χ3n) is 7.10. The summed E-state index contributed by atoms with van der Waals surface area (Å²) in [5, 5.41) is 2.88. The Labute approximate surface area is 176 Å². The van der Waals surface area contributed by atoms with E-state index in [1.807, 2.05) is 0 Å². The Bertz CT molecular complexity index is 822. The third kappa shape index (κ3) is 3.68. The maximum atomic E-state index is 2.67. The molecular formula is C25H33ClN2. The summed E-state index contributed by atoms with van der Waals surface area (Å²) in [6, 6.07) is 15.1. The van der Waals surface area contributed by atoms with Crippen molar-refractivity contribution in [1.82, 2.24) is 0 Å². The second-order valence-corrected chi connectivity index (χ2v) is 8.87. The van der Waals surface area contributed by atoms with E-state index in [0.29, 0.717) is 12.1 Å². The molecule has 3 heteroatoms. The Morgan fingerprint density at radius 3 is 2.00 bits per heavy atom. The highest BCUT2D eigenvalue weighted by Gasteiger charge is 2.34. The van der Waals surface area contributed by atoms with E-state index in [0.717, 1.165) is 0 Å². The molecule has 2 fully saturated rings. The van der Waals surface area contributed by atoms with Crippen LogP contribution in [0.2, 0.25) is 0 Å². The lowest BCUT2D eigenvalue weighted by Crippen LogP contribution is -3.00. The van der Waals surface area contributed by atoms with Crippen molar-refractivity contribution in [2.45, 2.75) is 89.1 Å². The Morgan fingerprint density at radius 2 is 1.32 bits per heavy atom. The van der Waals surface area contributed by atoms with E-state index in [1.165, 1.54) is 99.2 Å². The van der Waals surface area contributed by atoms with Crippen molar-refractivity contribution in [3.63, 3.8) is 0 Å². The van der Waals surface area contributed by atoms with Crippen molar-refractivity contribution >= 4 is 28.5 Å². The van der Waals surface area contributed by atoms with E-state index in [2.05, 4.69) is 52.2 Å². The predicted octanol–water partition coefficient (Wildman–Crippen LogP) is 3.78. The summed E-state index contributed by atoms with van der Waals surface area (Å²) in [6.07, 6.45) is 19.1. The largest absolute Gasteiger partial charge is 1.00 e. The fourth-order valence-electron chi connectivity index (χ4n) is 5.64. The molecular weight excluding hydrogens is 364 g/mol. The molecule has 0 aromatic heterocycles. The topological polar surface area (TPSA) is 6.25 Å². The highest BCUT2D eigenvalue weighted by molar-refractivity contribution is 6.06. The summed E-state index contributed by atoms with van der Waals surface area (Å²) in [4.78, 5) is 2.67. The van der Waals surface area contributed by atoms with Crippen LogP contribution in [0.15, 0.2) is 36.4 Å². The van der Waals surface area contributed by atoms with Gasteiger partial charge in [-0.25, -0.2) is 9.48 Å². The van der Waals surface area contributed by atoms with Crippen LogP contribution in [-0.2, 0) is 0 Å². The minimum absolute atomic E-state index is 0. The first-order valence-electron chi connectivity index (χ1n) is 11.4. The zero-order valence-corrected chi connectivity index (χ0v) is 17.7. The van der Waals surface area contributed by atoms with Gasteiger partial charge >= 0.3 is 0 Å². The maximum absolute atomic E-state index is 2.67. The number of hydrogen-bond acceptors (Lipinski definition) is 1. The first-order valence-corrected chi connectivity index (χ1v) is 11.4. The van der Waals surface area contributed by atoms with Crippen LogP contribution in [-0.4, -0.2) is 23.0 Å². The summed E-state index contributed by atoms with van der Waals surface area (Å²) in [5.74, 6) is 0. The molecule has 2 aromatic rings. The first-order chi connectivity index (χ1) is 13.4. The Kier molecular flexibility index (Phi) is 6.25. The molecule has 2 saturated carbocycles. The molecule has 2 nitrogen and oxygen atoms in total. The lowest BCUT2D eigenvalue weighted by Gasteiger charge is -2.31. The minimum atomic E-state index is 0. The molecule has 5 rings (SSSR count). The molecule has 28 heavy (non-hydrogen) atoms. The van der Waals surface area contributed by atoms with Gasteiger partial charge in [0.15, 0.2) is 0 Å².